The number of rotatable bonds is 7. The van der Waals surface area contributed by atoms with Crippen molar-refractivity contribution in [1.82, 2.24) is 15.1 Å². The zero-order valence-electron chi connectivity index (χ0n) is 13.5. The fraction of sp³-hybridized carbons (Fsp3) is 0.867. The molecule has 0 spiro atoms. The van der Waals surface area contributed by atoms with E-state index in [-0.39, 0.29) is 18.6 Å². The van der Waals surface area contributed by atoms with Gasteiger partial charge in [0.1, 0.15) is 0 Å². The van der Waals surface area contributed by atoms with Crippen LogP contribution in [-0.4, -0.2) is 65.7 Å². The molecule has 1 atom stereocenters. The van der Waals surface area contributed by atoms with E-state index in [1.54, 1.807) is 11.8 Å². The lowest BCUT2D eigenvalue weighted by atomic mass is 10.0. The highest BCUT2D eigenvalue weighted by molar-refractivity contribution is 5.76. The second-order valence-corrected chi connectivity index (χ2v) is 5.74. The molecule has 6 heteroatoms. The lowest BCUT2D eigenvalue weighted by molar-refractivity contribution is -0.141. The minimum absolute atomic E-state index is 0.0145. The highest BCUT2D eigenvalue weighted by atomic mass is 16.4. The number of amides is 2. The molecule has 1 aliphatic heterocycles. The zero-order valence-corrected chi connectivity index (χ0v) is 13.5. The number of carboxylic acids is 1. The molecule has 122 valence electrons. The Bertz CT molecular complexity index is 343. The van der Waals surface area contributed by atoms with Gasteiger partial charge in [-0.25, -0.2) is 4.79 Å². The van der Waals surface area contributed by atoms with Crippen molar-refractivity contribution in [2.75, 3.05) is 32.7 Å². The summed E-state index contributed by atoms with van der Waals surface area (Å²) >= 11 is 0. The average Bonchev–Trinajstić information content (AvgIpc) is 2.50. The fourth-order valence-electron chi connectivity index (χ4n) is 2.73. The summed E-state index contributed by atoms with van der Waals surface area (Å²) in [6.45, 7) is 9.05. The van der Waals surface area contributed by atoms with E-state index in [0.717, 1.165) is 38.9 Å². The van der Waals surface area contributed by atoms with Crippen molar-refractivity contribution >= 4 is 12.0 Å². The normalized spacial score (nSPS) is 17.3. The Balaban J connectivity index is 2.73. The van der Waals surface area contributed by atoms with E-state index in [1.807, 2.05) is 11.8 Å². The second kappa shape index (κ2) is 8.87. The summed E-state index contributed by atoms with van der Waals surface area (Å²) in [5.41, 5.74) is 0. The largest absolute Gasteiger partial charge is 0.481 e. The SMILES string of the molecule is CCCN(C(=O)N(CC)CC(C)C(=O)O)C1CCNCC1. The molecule has 0 aromatic heterocycles. The van der Waals surface area contributed by atoms with Crippen LogP contribution in [0.25, 0.3) is 0 Å². The van der Waals surface area contributed by atoms with Crippen LogP contribution in [0.1, 0.15) is 40.0 Å². The highest BCUT2D eigenvalue weighted by Gasteiger charge is 2.29. The van der Waals surface area contributed by atoms with E-state index < -0.39 is 11.9 Å². The molecule has 1 unspecified atom stereocenters. The molecule has 1 heterocycles. The summed E-state index contributed by atoms with van der Waals surface area (Å²) in [5.74, 6) is -1.39. The molecule has 2 amide bonds. The van der Waals surface area contributed by atoms with Crippen LogP contribution < -0.4 is 5.32 Å². The Morgan fingerprint density at radius 2 is 1.90 bits per heavy atom. The number of nitrogens with zero attached hydrogens (tertiary/aromatic N) is 2. The molecular weight excluding hydrogens is 270 g/mol. The van der Waals surface area contributed by atoms with Gasteiger partial charge in [-0.05, 0) is 39.3 Å². The molecule has 6 nitrogen and oxygen atoms in total. The number of carbonyl (C=O) groups is 2. The van der Waals surface area contributed by atoms with Crippen molar-refractivity contribution in [3.8, 4) is 0 Å². The van der Waals surface area contributed by atoms with Gasteiger partial charge in [-0.2, -0.15) is 0 Å². The zero-order chi connectivity index (χ0) is 15.8. The smallest absolute Gasteiger partial charge is 0.320 e. The Kier molecular flexibility index (Phi) is 7.50. The summed E-state index contributed by atoms with van der Waals surface area (Å²) in [6.07, 6.45) is 2.86. The lowest BCUT2D eigenvalue weighted by Gasteiger charge is -2.38. The predicted molar refractivity (Wildman–Crippen MR) is 82.3 cm³/mol. The molecule has 0 aliphatic carbocycles. The minimum Gasteiger partial charge on any atom is -0.481 e. The third-order valence-corrected chi connectivity index (χ3v) is 4.03. The summed E-state index contributed by atoms with van der Waals surface area (Å²) in [7, 11) is 0. The van der Waals surface area contributed by atoms with E-state index in [0.29, 0.717) is 6.54 Å². The highest BCUT2D eigenvalue weighted by Crippen LogP contribution is 2.16. The quantitative estimate of drug-likeness (QED) is 0.749. The maximum absolute atomic E-state index is 12.8. The molecule has 0 saturated carbocycles. The second-order valence-electron chi connectivity index (χ2n) is 5.74. The molecule has 1 saturated heterocycles. The van der Waals surface area contributed by atoms with E-state index >= 15 is 0 Å². The van der Waals surface area contributed by atoms with Gasteiger partial charge >= 0.3 is 12.0 Å². The van der Waals surface area contributed by atoms with Gasteiger partial charge in [0.25, 0.3) is 0 Å². The monoisotopic (exact) mass is 299 g/mol. The van der Waals surface area contributed by atoms with Crippen molar-refractivity contribution in [3.63, 3.8) is 0 Å². The molecule has 21 heavy (non-hydrogen) atoms. The van der Waals surface area contributed by atoms with Gasteiger partial charge in [-0.3, -0.25) is 4.79 Å². The number of carboxylic acid groups (broad SMARTS) is 1. The number of carbonyl (C=O) groups excluding carboxylic acids is 1. The van der Waals surface area contributed by atoms with Crippen LogP contribution in [0.4, 0.5) is 4.79 Å². The Morgan fingerprint density at radius 1 is 1.29 bits per heavy atom. The van der Waals surface area contributed by atoms with Crippen molar-refractivity contribution < 1.29 is 14.7 Å². The molecule has 1 aliphatic rings. The average molecular weight is 299 g/mol. The van der Waals surface area contributed by atoms with Crippen LogP contribution in [0.3, 0.4) is 0 Å². The molecule has 1 rings (SSSR count). The number of nitrogens with one attached hydrogen (secondary N) is 1. The maximum Gasteiger partial charge on any atom is 0.320 e. The summed E-state index contributed by atoms with van der Waals surface area (Å²) < 4.78 is 0. The lowest BCUT2D eigenvalue weighted by Crippen LogP contribution is -2.52. The van der Waals surface area contributed by atoms with Gasteiger partial charge in [-0.15, -0.1) is 0 Å². The van der Waals surface area contributed by atoms with Crippen LogP contribution in [0.5, 0.6) is 0 Å². The standard InChI is InChI=1S/C15H29N3O3/c1-4-10-18(13-6-8-16-9-7-13)15(21)17(5-2)11-12(3)14(19)20/h12-13,16H,4-11H2,1-3H3,(H,19,20). The first-order valence-electron chi connectivity index (χ1n) is 8.00. The third-order valence-electron chi connectivity index (χ3n) is 4.03. The Labute approximate surface area is 127 Å². The van der Waals surface area contributed by atoms with Crippen molar-refractivity contribution in [3.05, 3.63) is 0 Å². The van der Waals surface area contributed by atoms with E-state index in [2.05, 4.69) is 12.2 Å². The van der Waals surface area contributed by atoms with Crippen LogP contribution in [0.2, 0.25) is 0 Å². The Hall–Kier alpha value is -1.30. The first-order chi connectivity index (χ1) is 10.0. The van der Waals surface area contributed by atoms with Gasteiger partial charge in [0.15, 0.2) is 0 Å². The van der Waals surface area contributed by atoms with Crippen molar-refractivity contribution in [2.45, 2.75) is 46.1 Å². The van der Waals surface area contributed by atoms with Gasteiger partial charge in [-0.1, -0.05) is 13.8 Å². The van der Waals surface area contributed by atoms with Crippen LogP contribution in [0.15, 0.2) is 0 Å². The Morgan fingerprint density at radius 3 is 2.38 bits per heavy atom. The van der Waals surface area contributed by atoms with E-state index in [1.165, 1.54) is 0 Å². The van der Waals surface area contributed by atoms with Gasteiger partial charge in [0, 0.05) is 25.7 Å². The maximum atomic E-state index is 12.8. The number of piperidine rings is 1. The van der Waals surface area contributed by atoms with E-state index in [9.17, 15) is 9.59 Å². The van der Waals surface area contributed by atoms with Gasteiger partial charge in [0.05, 0.1) is 5.92 Å². The molecule has 2 N–H and O–H groups in total. The summed E-state index contributed by atoms with van der Waals surface area (Å²) in [6, 6.07) is 0.257. The molecule has 0 aromatic rings. The summed E-state index contributed by atoms with van der Waals surface area (Å²) in [4.78, 5) is 27.4. The van der Waals surface area contributed by atoms with Crippen LogP contribution >= 0.6 is 0 Å². The number of aliphatic carboxylic acids is 1. The van der Waals surface area contributed by atoms with Gasteiger partial charge in [0.2, 0.25) is 0 Å². The number of urea groups is 1. The topological polar surface area (TPSA) is 72.9 Å². The molecule has 0 bridgehead atoms. The van der Waals surface area contributed by atoms with Gasteiger partial charge < -0.3 is 20.2 Å². The van der Waals surface area contributed by atoms with Crippen LogP contribution in [-0.2, 0) is 4.79 Å². The number of hydrogen-bond acceptors (Lipinski definition) is 3. The summed E-state index contributed by atoms with van der Waals surface area (Å²) in [5, 5.41) is 12.4. The molecule has 0 radical (unpaired) electrons. The van der Waals surface area contributed by atoms with E-state index in [4.69, 9.17) is 5.11 Å². The van der Waals surface area contributed by atoms with Crippen LogP contribution in [0, 0.1) is 5.92 Å². The molecular formula is C15H29N3O3. The number of hydrogen-bond donors (Lipinski definition) is 2. The van der Waals surface area contributed by atoms with Crippen molar-refractivity contribution in [1.29, 1.82) is 0 Å². The van der Waals surface area contributed by atoms with Crippen molar-refractivity contribution in [2.24, 2.45) is 5.92 Å². The minimum atomic E-state index is -0.856. The first kappa shape index (κ1) is 17.8. The third kappa shape index (κ3) is 5.19. The molecule has 0 aromatic carbocycles. The first-order valence-corrected chi connectivity index (χ1v) is 8.00. The predicted octanol–water partition coefficient (Wildman–Crippen LogP) is 1.61. The fourth-order valence-corrected chi connectivity index (χ4v) is 2.73. The molecule has 1 fully saturated rings.